The predicted octanol–water partition coefficient (Wildman–Crippen LogP) is 3.09. The molecule has 1 saturated carbocycles. The minimum absolute atomic E-state index is 0.0951. The molecule has 1 aliphatic carbocycles. The molecule has 3 nitrogen and oxygen atoms in total. The first kappa shape index (κ1) is 16.5. The Hall–Kier alpha value is -0.880. The van der Waals surface area contributed by atoms with Gasteiger partial charge < -0.3 is 0 Å². The third-order valence-corrected chi connectivity index (χ3v) is 6.56. The third kappa shape index (κ3) is 4.81. The third-order valence-electron chi connectivity index (χ3n) is 3.88. The standard InChI is InChI=1S/C15H19FO3S2/c1-21(18,19)14-4-2-3-11(9-14)15(17)10-20-13-7-5-12(16)6-8-13/h5-8,11,14H,2-4,9-10H2,1H3. The van der Waals surface area contributed by atoms with Gasteiger partial charge in [-0.1, -0.05) is 6.42 Å². The topological polar surface area (TPSA) is 51.2 Å². The van der Waals surface area contributed by atoms with Crippen molar-refractivity contribution in [1.29, 1.82) is 0 Å². The van der Waals surface area contributed by atoms with Gasteiger partial charge in [0.25, 0.3) is 0 Å². The van der Waals surface area contributed by atoms with Crippen molar-refractivity contribution in [3.05, 3.63) is 30.1 Å². The Morgan fingerprint density at radius 3 is 2.57 bits per heavy atom. The predicted molar refractivity (Wildman–Crippen MR) is 82.7 cm³/mol. The zero-order valence-electron chi connectivity index (χ0n) is 11.9. The summed E-state index contributed by atoms with van der Waals surface area (Å²) in [4.78, 5) is 13.1. The number of sulfone groups is 1. The Balaban J connectivity index is 1.89. The molecule has 2 atom stereocenters. The van der Waals surface area contributed by atoms with E-state index in [1.165, 1.54) is 30.2 Å². The number of benzene rings is 1. The normalized spacial score (nSPS) is 23.0. The van der Waals surface area contributed by atoms with Crippen LogP contribution in [0, 0.1) is 11.7 Å². The molecular weight excluding hydrogens is 311 g/mol. The summed E-state index contributed by atoms with van der Waals surface area (Å²) in [6.07, 6.45) is 3.91. The van der Waals surface area contributed by atoms with Crippen LogP contribution >= 0.6 is 11.8 Å². The highest BCUT2D eigenvalue weighted by Crippen LogP contribution is 2.30. The van der Waals surface area contributed by atoms with Crippen LogP contribution in [0.25, 0.3) is 0 Å². The van der Waals surface area contributed by atoms with Crippen LogP contribution in [0.2, 0.25) is 0 Å². The minimum Gasteiger partial charge on any atom is -0.298 e. The van der Waals surface area contributed by atoms with Gasteiger partial charge in [-0.3, -0.25) is 4.79 Å². The SMILES string of the molecule is CS(=O)(=O)C1CCCC(C(=O)CSc2ccc(F)cc2)C1. The highest BCUT2D eigenvalue weighted by atomic mass is 32.2. The lowest BCUT2D eigenvalue weighted by molar-refractivity contribution is -0.121. The van der Waals surface area contributed by atoms with Crippen LogP contribution in [0.1, 0.15) is 25.7 Å². The number of hydrogen-bond acceptors (Lipinski definition) is 4. The minimum atomic E-state index is -3.06. The van der Waals surface area contributed by atoms with Gasteiger partial charge in [0.1, 0.15) is 21.4 Å². The Kier molecular flexibility index (Phi) is 5.43. The number of rotatable bonds is 5. The Labute approximate surface area is 129 Å². The average molecular weight is 330 g/mol. The summed E-state index contributed by atoms with van der Waals surface area (Å²) < 4.78 is 36.0. The molecule has 21 heavy (non-hydrogen) atoms. The van der Waals surface area contributed by atoms with Crippen LogP contribution in [0.15, 0.2) is 29.2 Å². The fourth-order valence-corrected chi connectivity index (χ4v) is 4.68. The van der Waals surface area contributed by atoms with Gasteiger partial charge in [-0.15, -0.1) is 11.8 Å². The lowest BCUT2D eigenvalue weighted by Crippen LogP contribution is -2.31. The molecule has 0 heterocycles. The zero-order valence-corrected chi connectivity index (χ0v) is 13.6. The first-order valence-electron chi connectivity index (χ1n) is 6.96. The molecule has 0 aliphatic heterocycles. The number of thioether (sulfide) groups is 1. The van der Waals surface area contributed by atoms with Crippen molar-refractivity contribution in [3.8, 4) is 0 Å². The van der Waals surface area contributed by atoms with E-state index < -0.39 is 9.84 Å². The molecule has 0 spiro atoms. The molecule has 0 bridgehead atoms. The molecule has 1 aromatic carbocycles. The fraction of sp³-hybridized carbons (Fsp3) is 0.533. The van der Waals surface area contributed by atoms with Crippen LogP contribution in [0.5, 0.6) is 0 Å². The van der Waals surface area contributed by atoms with E-state index >= 15 is 0 Å². The van der Waals surface area contributed by atoms with Crippen molar-refractivity contribution in [2.24, 2.45) is 5.92 Å². The molecule has 0 radical (unpaired) electrons. The Bertz CT molecular complexity index is 596. The number of carbonyl (C=O) groups excluding carboxylic acids is 1. The molecule has 1 fully saturated rings. The van der Waals surface area contributed by atoms with Crippen LogP contribution in [-0.2, 0) is 14.6 Å². The molecule has 1 aliphatic rings. The summed E-state index contributed by atoms with van der Waals surface area (Å²) in [5.41, 5.74) is 0. The maximum atomic E-state index is 12.8. The van der Waals surface area contributed by atoms with Crippen LogP contribution in [-0.4, -0.2) is 31.5 Å². The zero-order chi connectivity index (χ0) is 15.5. The Morgan fingerprint density at radius 2 is 1.95 bits per heavy atom. The molecule has 0 amide bonds. The summed E-state index contributed by atoms with van der Waals surface area (Å²) in [6, 6.07) is 6.03. The summed E-state index contributed by atoms with van der Waals surface area (Å²) >= 11 is 1.37. The molecule has 1 aromatic rings. The first-order valence-corrected chi connectivity index (χ1v) is 9.90. The molecule has 2 unspecified atom stereocenters. The highest BCUT2D eigenvalue weighted by molar-refractivity contribution is 8.00. The van der Waals surface area contributed by atoms with Gasteiger partial charge in [0.15, 0.2) is 0 Å². The maximum Gasteiger partial charge on any atom is 0.150 e. The van der Waals surface area contributed by atoms with Crippen LogP contribution < -0.4 is 0 Å². The molecule has 6 heteroatoms. The van der Waals surface area contributed by atoms with Gasteiger partial charge in [-0.25, -0.2) is 12.8 Å². The van der Waals surface area contributed by atoms with E-state index in [-0.39, 0.29) is 22.8 Å². The van der Waals surface area contributed by atoms with Gasteiger partial charge in [0, 0.05) is 17.1 Å². The van der Waals surface area contributed by atoms with Crippen molar-refractivity contribution >= 4 is 27.4 Å². The van der Waals surface area contributed by atoms with Gasteiger partial charge in [0.2, 0.25) is 0 Å². The first-order chi connectivity index (χ1) is 9.86. The van der Waals surface area contributed by atoms with Crippen LogP contribution in [0.4, 0.5) is 4.39 Å². The molecule has 0 saturated heterocycles. The van der Waals surface area contributed by atoms with Gasteiger partial charge >= 0.3 is 0 Å². The van der Waals surface area contributed by atoms with Crippen LogP contribution in [0.3, 0.4) is 0 Å². The molecular formula is C15H19FO3S2. The number of carbonyl (C=O) groups is 1. The number of Topliss-reactive ketones (excluding diaryl/α,β-unsaturated/α-hetero) is 1. The summed E-state index contributed by atoms with van der Waals surface area (Å²) in [7, 11) is -3.06. The van der Waals surface area contributed by atoms with Gasteiger partial charge in [0.05, 0.1) is 11.0 Å². The second kappa shape index (κ2) is 6.92. The van der Waals surface area contributed by atoms with E-state index in [0.29, 0.717) is 18.6 Å². The second-order valence-electron chi connectivity index (χ2n) is 5.52. The smallest absolute Gasteiger partial charge is 0.150 e. The lowest BCUT2D eigenvalue weighted by atomic mass is 9.86. The summed E-state index contributed by atoms with van der Waals surface area (Å²) in [5.74, 6) is -0.0506. The van der Waals surface area contributed by atoms with Crippen molar-refractivity contribution in [2.45, 2.75) is 35.8 Å². The van der Waals surface area contributed by atoms with E-state index in [1.54, 1.807) is 12.1 Å². The maximum absolute atomic E-state index is 12.8. The second-order valence-corrected chi connectivity index (χ2v) is 8.90. The number of halogens is 1. The number of hydrogen-bond donors (Lipinski definition) is 0. The lowest BCUT2D eigenvalue weighted by Gasteiger charge is -2.26. The van der Waals surface area contributed by atoms with Crippen molar-refractivity contribution in [2.75, 3.05) is 12.0 Å². The van der Waals surface area contributed by atoms with E-state index in [4.69, 9.17) is 0 Å². The van der Waals surface area contributed by atoms with E-state index in [1.807, 2.05) is 0 Å². The Morgan fingerprint density at radius 1 is 1.29 bits per heavy atom. The van der Waals surface area contributed by atoms with Gasteiger partial charge in [-0.2, -0.15) is 0 Å². The van der Waals surface area contributed by atoms with Crippen molar-refractivity contribution in [1.82, 2.24) is 0 Å². The molecule has 0 aromatic heterocycles. The fourth-order valence-electron chi connectivity index (χ4n) is 2.63. The largest absolute Gasteiger partial charge is 0.298 e. The molecule has 2 rings (SSSR count). The van der Waals surface area contributed by atoms with E-state index in [2.05, 4.69) is 0 Å². The quantitative estimate of drug-likeness (QED) is 0.779. The van der Waals surface area contributed by atoms with Crippen molar-refractivity contribution < 1.29 is 17.6 Å². The molecule has 116 valence electrons. The van der Waals surface area contributed by atoms with E-state index in [9.17, 15) is 17.6 Å². The highest BCUT2D eigenvalue weighted by Gasteiger charge is 2.32. The van der Waals surface area contributed by atoms with E-state index in [0.717, 1.165) is 17.7 Å². The van der Waals surface area contributed by atoms with Gasteiger partial charge in [-0.05, 0) is 43.5 Å². The average Bonchev–Trinajstić information content (AvgIpc) is 2.45. The number of ketones is 1. The molecule has 0 N–H and O–H groups in total. The summed E-state index contributed by atoms with van der Waals surface area (Å²) in [5, 5.41) is -0.379. The monoisotopic (exact) mass is 330 g/mol. The van der Waals surface area contributed by atoms with Crippen molar-refractivity contribution in [3.63, 3.8) is 0 Å². The summed E-state index contributed by atoms with van der Waals surface area (Å²) in [6.45, 7) is 0.